The number of carbonyl (C=O) groups excluding carboxylic acids is 1. The van der Waals surface area contributed by atoms with E-state index in [1.54, 1.807) is 30.3 Å². The van der Waals surface area contributed by atoms with Gasteiger partial charge >= 0.3 is 0 Å². The molecule has 0 spiro atoms. The fourth-order valence-electron chi connectivity index (χ4n) is 4.39. The largest absolute Gasteiger partial charge is 0.506 e. The maximum absolute atomic E-state index is 12.6. The van der Waals surface area contributed by atoms with Gasteiger partial charge in [-0.2, -0.15) is 5.11 Å². The molecule has 0 heterocycles. The van der Waals surface area contributed by atoms with Crippen LogP contribution in [-0.4, -0.2) is 55.6 Å². The second-order valence-corrected chi connectivity index (χ2v) is 12.4. The smallest absolute Gasteiger partial charge is 0.251 e. The average Bonchev–Trinajstić information content (AvgIpc) is 2.95. The van der Waals surface area contributed by atoms with E-state index in [0.29, 0.717) is 36.7 Å². The van der Waals surface area contributed by atoms with Crippen molar-refractivity contribution in [2.24, 2.45) is 16.1 Å². The molecule has 0 aliphatic heterocycles. The van der Waals surface area contributed by atoms with Crippen LogP contribution >= 0.6 is 0 Å². The molecule has 3 N–H and O–H groups in total. The molecule has 8 nitrogen and oxygen atoms in total. The predicted octanol–water partition coefficient (Wildman–Crippen LogP) is 7.89. The zero-order valence-electron chi connectivity index (χ0n) is 27.0. The van der Waals surface area contributed by atoms with Crippen LogP contribution < -0.4 is 10.6 Å². The van der Waals surface area contributed by atoms with Gasteiger partial charge in [-0.3, -0.25) is 4.79 Å². The van der Waals surface area contributed by atoms with E-state index >= 15 is 0 Å². The molecule has 0 bridgehead atoms. The molecular weight excluding hydrogens is 528 g/mol. The molecule has 0 aliphatic carbocycles. The molecule has 234 valence electrons. The minimum atomic E-state index is -0.286. The first-order valence-corrected chi connectivity index (χ1v) is 15.5. The molecule has 0 aromatic heterocycles. The molecule has 0 saturated carbocycles. The van der Waals surface area contributed by atoms with E-state index in [1.807, 2.05) is 19.2 Å². The highest BCUT2D eigenvalue weighted by Gasteiger charge is 2.22. The number of phenolic OH excluding ortho intramolecular Hbond substituents is 1. The minimum Gasteiger partial charge on any atom is -0.506 e. The van der Waals surface area contributed by atoms with Crippen LogP contribution in [0.2, 0.25) is 0 Å². The summed E-state index contributed by atoms with van der Waals surface area (Å²) >= 11 is 0. The van der Waals surface area contributed by atoms with Crippen LogP contribution in [0.25, 0.3) is 0 Å². The Bertz CT molecular complexity index is 1100. The Balaban J connectivity index is 1.69. The van der Waals surface area contributed by atoms with Crippen LogP contribution in [0.5, 0.6) is 5.75 Å². The van der Waals surface area contributed by atoms with E-state index in [1.165, 1.54) is 19.3 Å². The molecule has 0 saturated heterocycles. The van der Waals surface area contributed by atoms with Gasteiger partial charge in [-0.05, 0) is 115 Å². The van der Waals surface area contributed by atoms with Gasteiger partial charge in [0.25, 0.3) is 5.91 Å². The van der Waals surface area contributed by atoms with E-state index in [4.69, 9.17) is 9.47 Å². The molecule has 8 heteroatoms. The first-order chi connectivity index (χ1) is 19.9. The number of aromatic hydroxyl groups is 1. The van der Waals surface area contributed by atoms with Crippen molar-refractivity contribution in [1.82, 2.24) is 10.6 Å². The van der Waals surface area contributed by atoms with Crippen LogP contribution in [-0.2, 0) is 15.9 Å². The lowest BCUT2D eigenvalue weighted by Crippen LogP contribution is -2.32. The normalized spacial score (nSPS) is 13.0. The summed E-state index contributed by atoms with van der Waals surface area (Å²) in [5.41, 5.74) is 2.23. The summed E-state index contributed by atoms with van der Waals surface area (Å²) in [5, 5.41) is 24.6. The number of azo groups is 1. The third-order valence-electron chi connectivity index (χ3n) is 7.58. The molecule has 0 aliphatic rings. The topological polar surface area (TPSA) is 105 Å². The van der Waals surface area contributed by atoms with Gasteiger partial charge in [0.1, 0.15) is 11.4 Å². The van der Waals surface area contributed by atoms with Gasteiger partial charge in [0, 0.05) is 18.7 Å². The zero-order valence-corrected chi connectivity index (χ0v) is 27.0. The summed E-state index contributed by atoms with van der Waals surface area (Å²) in [6.45, 7) is 15.7. The van der Waals surface area contributed by atoms with Gasteiger partial charge in [0.2, 0.25) is 0 Å². The van der Waals surface area contributed by atoms with Crippen LogP contribution in [0.4, 0.5) is 11.4 Å². The van der Waals surface area contributed by atoms with Crippen LogP contribution in [0.15, 0.2) is 52.7 Å². The second kappa shape index (κ2) is 18.0. The van der Waals surface area contributed by atoms with E-state index in [0.717, 1.165) is 43.7 Å². The molecule has 1 unspecified atom stereocenters. The molecule has 42 heavy (non-hydrogen) atoms. The summed E-state index contributed by atoms with van der Waals surface area (Å²) in [6.07, 6.45) is 7.13. The van der Waals surface area contributed by atoms with Crippen LogP contribution in [0, 0.1) is 5.92 Å². The SMILES string of the molecule is CCC(C)CCCC(C)(C)OCCC(C)(C)OCCCNC(=O)c1ccc(/N=N/c2cc(CCNC)ccc2O)cc1. The van der Waals surface area contributed by atoms with Crippen LogP contribution in [0.3, 0.4) is 0 Å². The summed E-state index contributed by atoms with van der Waals surface area (Å²) in [5.74, 6) is 0.715. The van der Waals surface area contributed by atoms with Gasteiger partial charge in [-0.1, -0.05) is 39.2 Å². The lowest BCUT2D eigenvalue weighted by atomic mass is 9.95. The summed E-state index contributed by atoms with van der Waals surface area (Å²) in [4.78, 5) is 12.6. The van der Waals surface area contributed by atoms with Crippen molar-refractivity contribution in [3.63, 3.8) is 0 Å². The molecule has 2 rings (SSSR count). The number of nitrogens with one attached hydrogen (secondary N) is 2. The molecule has 2 aromatic rings. The number of nitrogens with zero attached hydrogens (tertiary/aromatic N) is 2. The Morgan fingerprint density at radius 3 is 2.31 bits per heavy atom. The molecule has 0 fully saturated rings. The second-order valence-electron chi connectivity index (χ2n) is 12.4. The van der Waals surface area contributed by atoms with Gasteiger partial charge in [0.15, 0.2) is 0 Å². The molecule has 0 radical (unpaired) electrons. The summed E-state index contributed by atoms with van der Waals surface area (Å²) < 4.78 is 12.3. The van der Waals surface area contributed by atoms with Crippen molar-refractivity contribution in [3.05, 3.63) is 53.6 Å². The minimum absolute atomic E-state index is 0.0792. The standard InChI is InChI=1S/C34H54N4O4/c1-8-26(2)11-9-19-33(3,4)42-24-20-34(5,6)41-23-10-21-36-32(40)28-13-15-29(16-14-28)37-38-30-25-27(18-22-35-7)12-17-31(30)39/h12-17,25-26,35,39H,8-11,18-24H2,1-7H3,(H,36,40)/b38-37+. The third-order valence-corrected chi connectivity index (χ3v) is 7.58. The highest BCUT2D eigenvalue weighted by Crippen LogP contribution is 2.29. The Hall–Kier alpha value is -2.81. The summed E-state index contributed by atoms with van der Waals surface area (Å²) in [6, 6.07) is 12.2. The van der Waals surface area contributed by atoms with E-state index in [2.05, 4.69) is 62.4 Å². The third kappa shape index (κ3) is 13.9. The Morgan fingerprint density at radius 2 is 1.62 bits per heavy atom. The van der Waals surface area contributed by atoms with Crippen molar-refractivity contribution >= 4 is 17.3 Å². The number of hydrogen-bond donors (Lipinski definition) is 3. The fourth-order valence-corrected chi connectivity index (χ4v) is 4.39. The van der Waals surface area contributed by atoms with Crippen molar-refractivity contribution in [2.75, 3.05) is 33.4 Å². The lowest BCUT2D eigenvalue weighted by Gasteiger charge is -2.30. The Kier molecular flexibility index (Phi) is 15.2. The van der Waals surface area contributed by atoms with Gasteiger partial charge < -0.3 is 25.2 Å². The van der Waals surface area contributed by atoms with Crippen molar-refractivity contribution in [1.29, 1.82) is 0 Å². The fraction of sp³-hybridized carbons (Fsp3) is 0.618. The predicted molar refractivity (Wildman–Crippen MR) is 171 cm³/mol. The maximum Gasteiger partial charge on any atom is 0.251 e. The number of carbonyl (C=O) groups is 1. The number of hydrogen-bond acceptors (Lipinski definition) is 7. The van der Waals surface area contributed by atoms with Crippen molar-refractivity contribution < 1.29 is 19.4 Å². The number of likely N-dealkylation sites (N-methyl/N-ethyl adjacent to an activating group) is 1. The summed E-state index contributed by atoms with van der Waals surface area (Å²) in [7, 11) is 1.90. The van der Waals surface area contributed by atoms with Crippen LogP contribution in [0.1, 0.15) is 96.0 Å². The number of benzene rings is 2. The highest BCUT2D eigenvalue weighted by molar-refractivity contribution is 5.94. The highest BCUT2D eigenvalue weighted by atomic mass is 16.5. The van der Waals surface area contributed by atoms with E-state index in [9.17, 15) is 9.90 Å². The average molecular weight is 583 g/mol. The first-order valence-electron chi connectivity index (χ1n) is 15.5. The monoisotopic (exact) mass is 582 g/mol. The quantitative estimate of drug-likeness (QED) is 0.109. The molecule has 1 amide bonds. The first kappa shape index (κ1) is 35.4. The van der Waals surface area contributed by atoms with Crippen molar-refractivity contribution in [2.45, 2.75) is 97.7 Å². The molecule has 1 atom stereocenters. The van der Waals surface area contributed by atoms with E-state index in [-0.39, 0.29) is 22.9 Å². The van der Waals surface area contributed by atoms with Gasteiger partial charge in [-0.25, -0.2) is 0 Å². The lowest BCUT2D eigenvalue weighted by molar-refractivity contribution is -0.0752. The molecular formula is C34H54N4O4. The van der Waals surface area contributed by atoms with Crippen molar-refractivity contribution in [3.8, 4) is 5.75 Å². The number of rotatable bonds is 20. The number of ether oxygens (including phenoxy) is 2. The Labute approximate surface area is 253 Å². The maximum atomic E-state index is 12.6. The molecule has 2 aromatic carbocycles. The Morgan fingerprint density at radius 1 is 0.929 bits per heavy atom. The van der Waals surface area contributed by atoms with Gasteiger partial charge in [-0.15, -0.1) is 5.11 Å². The zero-order chi connectivity index (χ0) is 31.0. The number of phenols is 1. The van der Waals surface area contributed by atoms with Gasteiger partial charge in [0.05, 0.1) is 23.5 Å². The number of amides is 1. The van der Waals surface area contributed by atoms with E-state index < -0.39 is 0 Å².